The standard InChI is InChI=1S/C21H20N6O4S/c1-13-5-6-22-17(7-13)25-16-4-2-3-14(24-16)15-8-23-20(32-15)11-31-12-21(30)27-9-18(28)26-19(29)10-27/h2-8H,9-12H2,1H3,(H,22,24,25)(H,26,28,29). The third-order valence-corrected chi connectivity index (χ3v) is 5.47. The molecule has 2 N–H and O–H groups in total. The second-order valence-corrected chi connectivity index (χ2v) is 8.20. The van der Waals surface area contributed by atoms with Gasteiger partial charge in [-0.3, -0.25) is 19.7 Å². The predicted octanol–water partition coefficient (Wildman–Crippen LogP) is 1.65. The van der Waals surface area contributed by atoms with E-state index in [0.29, 0.717) is 16.6 Å². The molecule has 0 saturated carbocycles. The average molecular weight is 452 g/mol. The molecule has 0 bridgehead atoms. The van der Waals surface area contributed by atoms with Crippen LogP contribution in [0.2, 0.25) is 0 Å². The van der Waals surface area contributed by atoms with Crippen molar-refractivity contribution in [3.05, 3.63) is 53.3 Å². The molecule has 0 unspecified atom stereocenters. The third kappa shape index (κ3) is 5.50. The lowest BCUT2D eigenvalue weighted by Crippen LogP contribution is -2.54. The first kappa shape index (κ1) is 21.5. The lowest BCUT2D eigenvalue weighted by atomic mass is 10.3. The van der Waals surface area contributed by atoms with E-state index in [1.54, 1.807) is 12.4 Å². The summed E-state index contributed by atoms with van der Waals surface area (Å²) in [5, 5.41) is 6.02. The maximum Gasteiger partial charge on any atom is 0.249 e. The smallest absolute Gasteiger partial charge is 0.249 e. The van der Waals surface area contributed by atoms with E-state index in [2.05, 4.69) is 25.6 Å². The zero-order chi connectivity index (χ0) is 22.5. The van der Waals surface area contributed by atoms with Gasteiger partial charge in [-0.25, -0.2) is 15.0 Å². The van der Waals surface area contributed by atoms with Crippen LogP contribution in [-0.2, 0) is 25.7 Å². The number of nitrogens with one attached hydrogen (secondary N) is 2. The second kappa shape index (κ2) is 9.62. The Hall–Kier alpha value is -3.70. The normalized spacial score (nSPS) is 13.7. The highest BCUT2D eigenvalue weighted by molar-refractivity contribution is 7.15. The molecule has 0 aliphatic carbocycles. The van der Waals surface area contributed by atoms with Crippen LogP contribution in [0.25, 0.3) is 10.6 Å². The van der Waals surface area contributed by atoms with Gasteiger partial charge in [-0.1, -0.05) is 6.07 Å². The van der Waals surface area contributed by atoms with Crippen LogP contribution in [-0.4, -0.2) is 57.3 Å². The maximum absolute atomic E-state index is 12.1. The molecule has 10 nitrogen and oxygen atoms in total. The highest BCUT2D eigenvalue weighted by Gasteiger charge is 2.26. The number of hydrogen-bond donors (Lipinski definition) is 2. The summed E-state index contributed by atoms with van der Waals surface area (Å²) in [5.41, 5.74) is 1.85. The molecule has 1 aliphatic heterocycles. The van der Waals surface area contributed by atoms with Crippen LogP contribution in [0.1, 0.15) is 10.6 Å². The summed E-state index contributed by atoms with van der Waals surface area (Å²) in [6.07, 6.45) is 3.44. The van der Waals surface area contributed by atoms with Crippen molar-refractivity contribution in [3.63, 3.8) is 0 Å². The average Bonchev–Trinajstić information content (AvgIpc) is 3.22. The van der Waals surface area contributed by atoms with Gasteiger partial charge in [0.1, 0.15) is 36.3 Å². The summed E-state index contributed by atoms with van der Waals surface area (Å²) in [4.78, 5) is 50.1. The van der Waals surface area contributed by atoms with Gasteiger partial charge in [-0.15, -0.1) is 11.3 Å². The molecule has 11 heteroatoms. The first-order chi connectivity index (χ1) is 15.5. The predicted molar refractivity (Wildman–Crippen MR) is 117 cm³/mol. The number of amides is 3. The van der Waals surface area contributed by atoms with Crippen LogP contribution in [0, 0.1) is 6.92 Å². The second-order valence-electron chi connectivity index (χ2n) is 7.08. The fraction of sp³-hybridized carbons (Fsp3) is 0.238. The van der Waals surface area contributed by atoms with Crippen LogP contribution < -0.4 is 10.6 Å². The van der Waals surface area contributed by atoms with Crippen molar-refractivity contribution >= 4 is 40.7 Å². The highest BCUT2D eigenvalue weighted by Crippen LogP contribution is 2.26. The first-order valence-electron chi connectivity index (χ1n) is 9.76. The largest absolute Gasteiger partial charge is 0.364 e. The SMILES string of the molecule is Cc1ccnc(Nc2cccc(-c3cnc(COCC(=O)N4CC(=O)NC(=O)C4)s3)n2)c1. The van der Waals surface area contributed by atoms with Crippen LogP contribution in [0.15, 0.2) is 42.7 Å². The summed E-state index contributed by atoms with van der Waals surface area (Å²) >= 11 is 1.41. The Balaban J connectivity index is 1.33. The van der Waals surface area contributed by atoms with Gasteiger partial charge in [0.05, 0.1) is 17.2 Å². The van der Waals surface area contributed by atoms with Crippen molar-refractivity contribution in [2.75, 3.05) is 25.0 Å². The van der Waals surface area contributed by atoms with Gasteiger partial charge in [-0.2, -0.15) is 0 Å². The lowest BCUT2D eigenvalue weighted by Gasteiger charge is -2.25. The quantitative estimate of drug-likeness (QED) is 0.518. The number of piperazine rings is 1. The molecule has 0 spiro atoms. The molecule has 3 aromatic rings. The van der Waals surface area contributed by atoms with E-state index in [4.69, 9.17) is 4.74 Å². The van der Waals surface area contributed by atoms with Gasteiger partial charge in [-0.05, 0) is 36.8 Å². The fourth-order valence-corrected chi connectivity index (χ4v) is 3.83. The molecule has 3 amide bonds. The molecule has 0 atom stereocenters. The number of aryl methyl sites for hydroxylation is 1. The van der Waals surface area contributed by atoms with Crippen molar-refractivity contribution < 1.29 is 19.1 Å². The van der Waals surface area contributed by atoms with Crippen molar-refractivity contribution in [1.29, 1.82) is 0 Å². The molecule has 3 aromatic heterocycles. The van der Waals surface area contributed by atoms with E-state index < -0.39 is 17.7 Å². The molecule has 1 fully saturated rings. The van der Waals surface area contributed by atoms with Crippen LogP contribution in [0.3, 0.4) is 0 Å². The number of nitrogens with zero attached hydrogens (tertiary/aromatic N) is 4. The van der Waals surface area contributed by atoms with Gasteiger partial charge in [0.2, 0.25) is 17.7 Å². The highest BCUT2D eigenvalue weighted by atomic mass is 32.1. The summed E-state index contributed by atoms with van der Waals surface area (Å²) in [6.45, 7) is 1.59. The number of rotatable bonds is 7. The van der Waals surface area contributed by atoms with Gasteiger partial charge in [0.25, 0.3) is 0 Å². The molecule has 4 heterocycles. The summed E-state index contributed by atoms with van der Waals surface area (Å²) in [6, 6.07) is 9.49. The Morgan fingerprint density at radius 1 is 1.19 bits per heavy atom. The van der Waals surface area contributed by atoms with Gasteiger partial charge >= 0.3 is 0 Å². The summed E-state index contributed by atoms with van der Waals surface area (Å²) in [7, 11) is 0. The number of anilines is 2. The Bertz CT molecular complexity index is 1150. The van der Waals surface area contributed by atoms with E-state index in [-0.39, 0.29) is 26.3 Å². The van der Waals surface area contributed by atoms with E-state index in [1.807, 2.05) is 37.3 Å². The van der Waals surface area contributed by atoms with Crippen LogP contribution >= 0.6 is 11.3 Å². The van der Waals surface area contributed by atoms with E-state index in [9.17, 15) is 14.4 Å². The number of pyridine rings is 2. The Morgan fingerprint density at radius 2 is 2.00 bits per heavy atom. The van der Waals surface area contributed by atoms with E-state index in [0.717, 1.165) is 16.1 Å². The van der Waals surface area contributed by atoms with Crippen LogP contribution in [0.4, 0.5) is 11.6 Å². The lowest BCUT2D eigenvalue weighted by molar-refractivity contribution is -0.148. The Morgan fingerprint density at radius 3 is 2.78 bits per heavy atom. The summed E-state index contributed by atoms with van der Waals surface area (Å²) < 4.78 is 5.44. The molecule has 32 heavy (non-hydrogen) atoms. The third-order valence-electron chi connectivity index (χ3n) is 4.48. The molecule has 1 saturated heterocycles. The van der Waals surface area contributed by atoms with Crippen LogP contribution in [0.5, 0.6) is 0 Å². The first-order valence-corrected chi connectivity index (χ1v) is 10.6. The fourth-order valence-electron chi connectivity index (χ4n) is 3.00. The van der Waals surface area contributed by atoms with Gasteiger partial charge in [0, 0.05) is 12.4 Å². The molecule has 0 aromatic carbocycles. The van der Waals surface area contributed by atoms with Crippen molar-refractivity contribution in [1.82, 2.24) is 25.2 Å². The zero-order valence-electron chi connectivity index (χ0n) is 17.2. The number of carbonyl (C=O) groups excluding carboxylic acids is 3. The minimum Gasteiger partial charge on any atom is -0.364 e. The number of carbonyl (C=O) groups is 3. The number of aromatic nitrogens is 3. The Kier molecular flexibility index (Phi) is 6.47. The molecular weight excluding hydrogens is 432 g/mol. The van der Waals surface area contributed by atoms with Crippen molar-refractivity contribution in [3.8, 4) is 10.6 Å². The zero-order valence-corrected chi connectivity index (χ0v) is 18.0. The Labute approximate surface area is 187 Å². The topological polar surface area (TPSA) is 126 Å². The van der Waals surface area contributed by atoms with Crippen molar-refractivity contribution in [2.24, 2.45) is 0 Å². The minimum absolute atomic E-state index is 0.134. The maximum atomic E-state index is 12.1. The molecule has 1 aliphatic rings. The molecular formula is C21H20N6O4S. The van der Waals surface area contributed by atoms with Gasteiger partial charge in [0.15, 0.2) is 0 Å². The number of thiazole rings is 1. The van der Waals surface area contributed by atoms with E-state index >= 15 is 0 Å². The number of hydrogen-bond acceptors (Lipinski definition) is 9. The monoisotopic (exact) mass is 452 g/mol. The molecule has 164 valence electrons. The summed E-state index contributed by atoms with van der Waals surface area (Å²) in [5.74, 6) is -0.0404. The number of ether oxygens (including phenoxy) is 1. The van der Waals surface area contributed by atoms with Crippen molar-refractivity contribution in [2.45, 2.75) is 13.5 Å². The van der Waals surface area contributed by atoms with E-state index in [1.165, 1.54) is 16.2 Å². The molecule has 0 radical (unpaired) electrons. The molecule has 4 rings (SSSR count). The van der Waals surface area contributed by atoms with Gasteiger partial charge < -0.3 is 15.0 Å². The number of imide groups is 1. The minimum atomic E-state index is -0.499.